The van der Waals surface area contributed by atoms with Crippen LogP contribution in [0, 0.1) is 13.8 Å². The zero-order valence-corrected chi connectivity index (χ0v) is 20.1. The molecule has 3 heterocycles. The summed E-state index contributed by atoms with van der Waals surface area (Å²) < 4.78 is 25.1. The van der Waals surface area contributed by atoms with Crippen molar-refractivity contribution in [1.29, 1.82) is 0 Å². The minimum Gasteiger partial charge on any atom is -0.486 e. The Morgan fingerprint density at radius 3 is 2.61 bits per heavy atom. The zero-order chi connectivity index (χ0) is 25.2. The minimum absolute atomic E-state index is 0.0788. The molecule has 2 aromatic carbocycles. The highest BCUT2D eigenvalue weighted by Crippen LogP contribution is 2.33. The van der Waals surface area contributed by atoms with Gasteiger partial charge < -0.3 is 23.2 Å². The first kappa shape index (κ1) is 23.5. The number of carbonyl (C=O) groups is 2. The lowest BCUT2D eigenvalue weighted by atomic mass is 10.1. The molecule has 0 atom stereocenters. The molecule has 2 aromatic heterocycles. The van der Waals surface area contributed by atoms with Gasteiger partial charge in [-0.3, -0.25) is 14.2 Å². The number of benzene rings is 2. The molecule has 0 aliphatic carbocycles. The largest absolute Gasteiger partial charge is 0.486 e. The quantitative estimate of drug-likeness (QED) is 0.272. The van der Waals surface area contributed by atoms with E-state index in [2.05, 4.69) is 0 Å². The van der Waals surface area contributed by atoms with Gasteiger partial charge in [0.1, 0.15) is 13.2 Å². The lowest BCUT2D eigenvalue weighted by Gasteiger charge is -2.20. The predicted molar refractivity (Wildman–Crippen MR) is 131 cm³/mol. The molecule has 1 aliphatic rings. The van der Waals surface area contributed by atoms with E-state index in [-0.39, 0.29) is 18.8 Å². The van der Waals surface area contributed by atoms with Crippen molar-refractivity contribution in [2.75, 3.05) is 19.8 Å². The van der Waals surface area contributed by atoms with Crippen molar-refractivity contribution in [3.63, 3.8) is 0 Å². The SMILES string of the molecule is Cc1cc(C(=O)COC(=O)CCCn2c(=O)oc3ccccc32)c(C)n1-c1ccc2c(c1)OCCO2. The zero-order valence-electron chi connectivity index (χ0n) is 20.1. The minimum atomic E-state index is -0.496. The van der Waals surface area contributed by atoms with Gasteiger partial charge in [0.25, 0.3) is 0 Å². The Hall–Kier alpha value is -4.27. The Kier molecular flexibility index (Phi) is 6.37. The van der Waals surface area contributed by atoms with Crippen LogP contribution in [0.2, 0.25) is 0 Å². The smallest absolute Gasteiger partial charge is 0.419 e. The molecule has 9 heteroatoms. The van der Waals surface area contributed by atoms with Crippen molar-refractivity contribution in [2.24, 2.45) is 0 Å². The third-order valence-electron chi connectivity index (χ3n) is 6.22. The fourth-order valence-electron chi connectivity index (χ4n) is 4.52. The van der Waals surface area contributed by atoms with E-state index in [1.165, 1.54) is 4.57 Å². The molecule has 9 nitrogen and oxygen atoms in total. The van der Waals surface area contributed by atoms with Gasteiger partial charge in [0.05, 0.1) is 5.52 Å². The van der Waals surface area contributed by atoms with Gasteiger partial charge in [-0.05, 0) is 50.6 Å². The lowest BCUT2D eigenvalue weighted by molar-refractivity contribution is -0.142. The Morgan fingerprint density at radius 1 is 1.00 bits per heavy atom. The van der Waals surface area contributed by atoms with E-state index in [1.807, 2.05) is 42.7 Å². The highest BCUT2D eigenvalue weighted by atomic mass is 16.6. The molecule has 0 amide bonds. The molecular weight excluding hydrogens is 464 g/mol. The van der Waals surface area contributed by atoms with Crippen molar-refractivity contribution < 1.29 is 28.2 Å². The molecule has 186 valence electrons. The summed E-state index contributed by atoms with van der Waals surface area (Å²) in [5, 5.41) is 0. The summed E-state index contributed by atoms with van der Waals surface area (Å²) in [6, 6.07) is 14.6. The number of Topliss-reactive ketones (excluding diaryl/α,β-unsaturated/α-hetero) is 1. The van der Waals surface area contributed by atoms with Crippen LogP contribution < -0.4 is 15.2 Å². The predicted octanol–water partition coefficient (Wildman–Crippen LogP) is 3.98. The van der Waals surface area contributed by atoms with Crippen LogP contribution in [0.5, 0.6) is 11.5 Å². The average molecular weight is 491 g/mol. The molecule has 0 bridgehead atoms. The van der Waals surface area contributed by atoms with Gasteiger partial charge in [-0.2, -0.15) is 0 Å². The highest BCUT2D eigenvalue weighted by molar-refractivity contribution is 5.99. The number of rotatable bonds is 8. The maximum Gasteiger partial charge on any atom is 0.419 e. The van der Waals surface area contributed by atoms with Crippen molar-refractivity contribution in [3.05, 3.63) is 76.0 Å². The van der Waals surface area contributed by atoms with Crippen LogP contribution in [0.3, 0.4) is 0 Å². The maximum absolute atomic E-state index is 12.9. The van der Waals surface area contributed by atoms with Crippen molar-refractivity contribution >= 4 is 22.9 Å². The Balaban J connectivity index is 1.19. The summed E-state index contributed by atoms with van der Waals surface area (Å²) in [5.74, 6) is 0.121. The van der Waals surface area contributed by atoms with E-state index in [1.54, 1.807) is 24.3 Å². The van der Waals surface area contributed by atoms with Crippen LogP contribution in [0.25, 0.3) is 16.8 Å². The molecule has 36 heavy (non-hydrogen) atoms. The molecular formula is C27H26N2O7. The number of hydrogen-bond donors (Lipinski definition) is 0. The number of carbonyl (C=O) groups excluding carboxylic acids is 2. The van der Waals surface area contributed by atoms with Gasteiger partial charge >= 0.3 is 11.7 Å². The molecule has 0 saturated heterocycles. The van der Waals surface area contributed by atoms with Crippen molar-refractivity contribution in [3.8, 4) is 17.2 Å². The monoisotopic (exact) mass is 490 g/mol. The van der Waals surface area contributed by atoms with Crippen LogP contribution >= 0.6 is 0 Å². The number of para-hydroxylation sites is 2. The van der Waals surface area contributed by atoms with E-state index < -0.39 is 11.7 Å². The van der Waals surface area contributed by atoms with Crippen molar-refractivity contribution in [1.82, 2.24) is 9.13 Å². The fraction of sp³-hybridized carbons (Fsp3) is 0.296. The number of aryl methyl sites for hydroxylation is 2. The summed E-state index contributed by atoms with van der Waals surface area (Å²) in [6.07, 6.45) is 0.463. The Labute approximate surface area is 206 Å². The van der Waals surface area contributed by atoms with Gasteiger partial charge in [-0.1, -0.05) is 12.1 Å². The van der Waals surface area contributed by atoms with E-state index in [0.717, 1.165) is 17.1 Å². The maximum atomic E-state index is 12.9. The lowest BCUT2D eigenvalue weighted by Crippen LogP contribution is -2.17. The van der Waals surface area contributed by atoms with Gasteiger partial charge in [-0.25, -0.2) is 4.79 Å². The molecule has 0 unspecified atom stereocenters. The van der Waals surface area contributed by atoms with Crippen LogP contribution in [0.4, 0.5) is 0 Å². The van der Waals surface area contributed by atoms with E-state index in [4.69, 9.17) is 18.6 Å². The van der Waals surface area contributed by atoms with E-state index in [9.17, 15) is 14.4 Å². The number of oxazole rings is 1. The molecule has 5 rings (SSSR count). The Morgan fingerprint density at radius 2 is 1.78 bits per heavy atom. The third-order valence-corrected chi connectivity index (χ3v) is 6.22. The summed E-state index contributed by atoms with van der Waals surface area (Å²) in [7, 11) is 0. The summed E-state index contributed by atoms with van der Waals surface area (Å²) in [6.45, 7) is 4.74. The number of ketones is 1. The number of hydrogen-bond acceptors (Lipinski definition) is 7. The second kappa shape index (κ2) is 9.77. The second-order valence-electron chi connectivity index (χ2n) is 8.62. The van der Waals surface area contributed by atoms with Gasteiger partial charge in [0, 0.05) is 41.7 Å². The highest BCUT2D eigenvalue weighted by Gasteiger charge is 2.20. The Bertz CT molecular complexity index is 1510. The van der Waals surface area contributed by atoms with Gasteiger partial charge in [0.2, 0.25) is 5.78 Å². The first-order chi connectivity index (χ1) is 17.4. The fourth-order valence-corrected chi connectivity index (χ4v) is 4.52. The normalized spacial score (nSPS) is 12.6. The second-order valence-corrected chi connectivity index (χ2v) is 8.62. The standard InChI is InChI=1S/C27H26N2O7/c1-17-14-20(18(2)29(17)19-9-10-24-25(15-19)34-13-12-33-24)22(30)16-35-26(31)8-5-11-28-21-6-3-4-7-23(21)36-27(28)32/h3-4,6-7,9-10,14-15H,5,8,11-13,16H2,1-2H3. The number of fused-ring (bicyclic) bond motifs is 2. The van der Waals surface area contributed by atoms with Gasteiger partial charge in [-0.15, -0.1) is 0 Å². The topological polar surface area (TPSA) is 102 Å². The number of aromatic nitrogens is 2. The molecule has 0 spiro atoms. The first-order valence-corrected chi connectivity index (χ1v) is 11.8. The first-order valence-electron chi connectivity index (χ1n) is 11.8. The number of nitrogens with zero attached hydrogens (tertiary/aromatic N) is 2. The summed E-state index contributed by atoms with van der Waals surface area (Å²) in [5.41, 5.74) is 4.15. The van der Waals surface area contributed by atoms with Crippen LogP contribution in [-0.4, -0.2) is 40.7 Å². The average Bonchev–Trinajstić information content (AvgIpc) is 3.36. The molecule has 4 aromatic rings. The molecule has 0 N–H and O–H groups in total. The summed E-state index contributed by atoms with van der Waals surface area (Å²) >= 11 is 0. The van der Waals surface area contributed by atoms with Crippen LogP contribution in [0.15, 0.2) is 57.7 Å². The molecule has 0 fully saturated rings. The van der Waals surface area contributed by atoms with Crippen molar-refractivity contribution in [2.45, 2.75) is 33.2 Å². The molecule has 0 saturated carbocycles. The number of esters is 1. The van der Waals surface area contributed by atoms with Gasteiger partial charge in [0.15, 0.2) is 23.7 Å². The number of ether oxygens (including phenoxy) is 3. The molecule has 1 aliphatic heterocycles. The summed E-state index contributed by atoms with van der Waals surface area (Å²) in [4.78, 5) is 37.2. The van der Waals surface area contributed by atoms with Crippen LogP contribution in [-0.2, 0) is 16.1 Å². The molecule has 0 radical (unpaired) electrons. The van der Waals surface area contributed by atoms with E-state index in [0.29, 0.717) is 54.3 Å². The third kappa shape index (κ3) is 4.51. The van der Waals surface area contributed by atoms with Crippen LogP contribution in [0.1, 0.15) is 34.6 Å². The van der Waals surface area contributed by atoms with E-state index >= 15 is 0 Å².